The monoisotopic (exact) mass is 341 g/mol. The van der Waals surface area contributed by atoms with E-state index in [1.807, 2.05) is 13.1 Å². The maximum Gasteiger partial charge on any atom is 0.257 e. The molecule has 6 heteroatoms. The van der Waals surface area contributed by atoms with Crippen molar-refractivity contribution in [2.45, 2.75) is 25.8 Å². The van der Waals surface area contributed by atoms with E-state index in [9.17, 15) is 4.79 Å². The van der Waals surface area contributed by atoms with Gasteiger partial charge in [-0.25, -0.2) is 4.98 Å². The third-order valence-electron chi connectivity index (χ3n) is 3.40. The predicted molar refractivity (Wildman–Crippen MR) is 82.0 cm³/mol. The van der Waals surface area contributed by atoms with Gasteiger partial charge in [0.2, 0.25) is 0 Å². The van der Waals surface area contributed by atoms with Gasteiger partial charge in [0.15, 0.2) is 0 Å². The van der Waals surface area contributed by atoms with Crippen LogP contribution in [-0.2, 0) is 4.74 Å². The zero-order valence-corrected chi connectivity index (χ0v) is 13.4. The van der Waals surface area contributed by atoms with Gasteiger partial charge in [0.05, 0.1) is 18.2 Å². The molecule has 2 rings (SSSR count). The lowest BCUT2D eigenvalue weighted by molar-refractivity contribution is 0.0712. The van der Waals surface area contributed by atoms with E-state index in [1.54, 1.807) is 11.1 Å². The van der Waals surface area contributed by atoms with Crippen LogP contribution in [0.4, 0.5) is 5.82 Å². The van der Waals surface area contributed by atoms with Gasteiger partial charge in [0, 0.05) is 30.9 Å². The number of carbonyl (C=O) groups is 1. The molecular formula is C14H20BrN3O2. The van der Waals surface area contributed by atoms with E-state index in [4.69, 9.17) is 4.74 Å². The number of amides is 1. The van der Waals surface area contributed by atoms with Gasteiger partial charge in [-0.05, 0) is 34.8 Å². The van der Waals surface area contributed by atoms with Crippen LogP contribution in [0.1, 0.15) is 30.1 Å². The van der Waals surface area contributed by atoms with E-state index in [0.717, 1.165) is 30.5 Å². The lowest BCUT2D eigenvalue weighted by atomic mass is 10.1. The van der Waals surface area contributed by atoms with Crippen molar-refractivity contribution >= 4 is 27.7 Å². The van der Waals surface area contributed by atoms with Crippen LogP contribution >= 0.6 is 15.9 Å². The number of halogens is 1. The van der Waals surface area contributed by atoms with Crippen LogP contribution in [0, 0.1) is 0 Å². The summed E-state index contributed by atoms with van der Waals surface area (Å²) in [6.07, 6.45) is 3.58. The summed E-state index contributed by atoms with van der Waals surface area (Å²) in [4.78, 5) is 18.7. The predicted octanol–water partition coefficient (Wildman–Crippen LogP) is 2.53. The van der Waals surface area contributed by atoms with Gasteiger partial charge in [-0.2, -0.15) is 0 Å². The number of rotatable bonds is 5. The van der Waals surface area contributed by atoms with Crippen LogP contribution in [0.15, 0.2) is 16.7 Å². The first-order valence-electron chi connectivity index (χ1n) is 6.87. The highest BCUT2D eigenvalue weighted by Crippen LogP contribution is 2.22. The number of hydrogen-bond donors (Lipinski definition) is 1. The molecule has 1 aromatic heterocycles. The average molecular weight is 342 g/mol. The molecule has 0 radical (unpaired) electrons. The lowest BCUT2D eigenvalue weighted by Crippen LogP contribution is -2.37. The van der Waals surface area contributed by atoms with Gasteiger partial charge < -0.3 is 15.0 Å². The molecule has 0 aromatic carbocycles. The van der Waals surface area contributed by atoms with E-state index in [-0.39, 0.29) is 11.9 Å². The zero-order valence-electron chi connectivity index (χ0n) is 11.9. The van der Waals surface area contributed by atoms with Crippen molar-refractivity contribution in [2.75, 3.05) is 32.1 Å². The number of ether oxygens (including phenoxy) is 1. The number of carbonyl (C=O) groups excluding carboxylic acids is 1. The number of hydrogen-bond acceptors (Lipinski definition) is 4. The topological polar surface area (TPSA) is 54.5 Å². The van der Waals surface area contributed by atoms with Gasteiger partial charge in [-0.1, -0.05) is 6.92 Å². The van der Waals surface area contributed by atoms with Crippen LogP contribution in [0.25, 0.3) is 0 Å². The Kier molecular flexibility index (Phi) is 5.37. The van der Waals surface area contributed by atoms with Crippen LogP contribution in [0.5, 0.6) is 0 Å². The number of pyridine rings is 1. The molecule has 110 valence electrons. The molecule has 1 amide bonds. The number of likely N-dealkylation sites (N-methyl/N-ethyl adjacent to an activating group) is 1. The second kappa shape index (κ2) is 7.04. The summed E-state index contributed by atoms with van der Waals surface area (Å²) in [6.45, 7) is 4.21. The maximum atomic E-state index is 12.6. The number of anilines is 1. The molecule has 1 fully saturated rings. The largest absolute Gasteiger partial charge is 0.379 e. The summed E-state index contributed by atoms with van der Waals surface area (Å²) in [5.74, 6) is 0.624. The highest BCUT2D eigenvalue weighted by atomic mass is 79.9. The van der Waals surface area contributed by atoms with Crippen LogP contribution in [-0.4, -0.2) is 48.6 Å². The van der Waals surface area contributed by atoms with E-state index in [1.165, 1.54) is 0 Å². The van der Waals surface area contributed by atoms with Crippen molar-refractivity contribution in [1.29, 1.82) is 0 Å². The molecule has 1 aliphatic rings. The third-order valence-corrected chi connectivity index (χ3v) is 3.83. The van der Waals surface area contributed by atoms with E-state index < -0.39 is 0 Å². The average Bonchev–Trinajstić information content (AvgIpc) is 2.98. The van der Waals surface area contributed by atoms with Crippen molar-refractivity contribution < 1.29 is 9.53 Å². The summed E-state index contributed by atoms with van der Waals surface area (Å²) in [5, 5.41) is 3.21. The summed E-state index contributed by atoms with van der Waals surface area (Å²) < 4.78 is 6.15. The van der Waals surface area contributed by atoms with Gasteiger partial charge in [0.25, 0.3) is 5.91 Å². The molecule has 1 aromatic rings. The second-order valence-electron chi connectivity index (χ2n) is 4.91. The SMILES string of the molecule is CCCNc1ncc(Br)cc1C(=O)N(C)C1CCOC1. The molecule has 1 atom stereocenters. The molecule has 0 aliphatic carbocycles. The van der Waals surface area contributed by atoms with Crippen LogP contribution in [0.2, 0.25) is 0 Å². The Balaban J connectivity index is 2.20. The minimum atomic E-state index is -0.0205. The Morgan fingerprint density at radius 3 is 3.10 bits per heavy atom. The summed E-state index contributed by atoms with van der Waals surface area (Å²) in [7, 11) is 1.83. The fraction of sp³-hybridized carbons (Fsp3) is 0.571. The van der Waals surface area contributed by atoms with Gasteiger partial charge in [0.1, 0.15) is 5.82 Å². The van der Waals surface area contributed by atoms with Gasteiger partial charge >= 0.3 is 0 Å². The Bertz CT molecular complexity index is 475. The molecule has 0 bridgehead atoms. The molecule has 5 nitrogen and oxygen atoms in total. The lowest BCUT2D eigenvalue weighted by Gasteiger charge is -2.24. The van der Waals surface area contributed by atoms with Crippen LogP contribution in [0.3, 0.4) is 0 Å². The smallest absolute Gasteiger partial charge is 0.257 e. The van der Waals surface area contributed by atoms with Crippen LogP contribution < -0.4 is 5.32 Å². The summed E-state index contributed by atoms with van der Waals surface area (Å²) >= 11 is 3.38. The number of aromatic nitrogens is 1. The zero-order chi connectivity index (χ0) is 14.5. The van der Waals surface area contributed by atoms with Crippen molar-refractivity contribution in [3.05, 3.63) is 22.3 Å². The van der Waals surface area contributed by atoms with Crippen molar-refractivity contribution in [1.82, 2.24) is 9.88 Å². The van der Waals surface area contributed by atoms with E-state index in [0.29, 0.717) is 18.0 Å². The third kappa shape index (κ3) is 3.49. The Morgan fingerprint density at radius 1 is 1.65 bits per heavy atom. The minimum absolute atomic E-state index is 0.0205. The first-order valence-corrected chi connectivity index (χ1v) is 7.67. The second-order valence-corrected chi connectivity index (χ2v) is 5.83. The Hall–Kier alpha value is -1.14. The molecule has 2 heterocycles. The summed E-state index contributed by atoms with van der Waals surface area (Å²) in [6, 6.07) is 1.97. The van der Waals surface area contributed by atoms with Crippen molar-refractivity contribution in [3.8, 4) is 0 Å². The minimum Gasteiger partial charge on any atom is -0.379 e. The first kappa shape index (κ1) is 15.3. The molecule has 1 unspecified atom stereocenters. The normalized spacial score (nSPS) is 18.1. The Labute approximate surface area is 127 Å². The van der Waals surface area contributed by atoms with Gasteiger partial charge in [-0.15, -0.1) is 0 Å². The molecule has 1 N–H and O–H groups in total. The Morgan fingerprint density at radius 2 is 2.45 bits per heavy atom. The maximum absolute atomic E-state index is 12.6. The molecule has 20 heavy (non-hydrogen) atoms. The molecule has 1 saturated heterocycles. The van der Waals surface area contributed by atoms with Gasteiger partial charge in [-0.3, -0.25) is 4.79 Å². The van der Waals surface area contributed by atoms with E-state index in [2.05, 4.69) is 33.2 Å². The standard InChI is InChI=1S/C14H20BrN3O2/c1-3-5-16-13-12(7-10(15)8-17-13)14(19)18(2)11-4-6-20-9-11/h7-8,11H,3-6,9H2,1-2H3,(H,16,17). The van der Waals surface area contributed by atoms with E-state index >= 15 is 0 Å². The molecular weight excluding hydrogens is 322 g/mol. The molecule has 1 aliphatic heterocycles. The highest BCUT2D eigenvalue weighted by molar-refractivity contribution is 9.10. The number of nitrogens with zero attached hydrogens (tertiary/aromatic N) is 2. The molecule has 0 spiro atoms. The first-order chi connectivity index (χ1) is 9.63. The fourth-order valence-electron chi connectivity index (χ4n) is 2.17. The molecule has 0 saturated carbocycles. The number of nitrogens with one attached hydrogen (secondary N) is 1. The van der Waals surface area contributed by atoms with Crippen molar-refractivity contribution in [2.24, 2.45) is 0 Å². The quantitative estimate of drug-likeness (QED) is 0.894. The van der Waals surface area contributed by atoms with Crippen molar-refractivity contribution in [3.63, 3.8) is 0 Å². The fourth-order valence-corrected chi connectivity index (χ4v) is 2.50. The summed E-state index contributed by atoms with van der Waals surface area (Å²) in [5.41, 5.74) is 0.599. The highest BCUT2D eigenvalue weighted by Gasteiger charge is 2.26.